The summed E-state index contributed by atoms with van der Waals surface area (Å²) in [6.07, 6.45) is 0. The number of nitrogens with one attached hydrogen (secondary N) is 1. The molecule has 3 rings (SSSR count). The third-order valence-corrected chi connectivity index (χ3v) is 4.63. The normalized spacial score (nSPS) is 12.1. The Morgan fingerprint density at radius 1 is 1.04 bits per heavy atom. The molecule has 0 aliphatic carbocycles. The van der Waals surface area contributed by atoms with E-state index in [0.29, 0.717) is 18.1 Å². The number of nitrogens with two attached hydrogens (primary N) is 1. The second-order valence-corrected chi connectivity index (χ2v) is 6.64. The summed E-state index contributed by atoms with van der Waals surface area (Å²) < 4.78 is 0. The number of carbonyl (C=O) groups excluding carboxylic acids is 1. The molecule has 3 aromatic rings. The van der Waals surface area contributed by atoms with E-state index in [1.54, 1.807) is 0 Å². The monoisotopic (exact) mass is 353 g/mol. The first-order valence-electron chi connectivity index (χ1n) is 8.45. The Bertz CT molecular complexity index is 856. The van der Waals surface area contributed by atoms with Crippen molar-refractivity contribution >= 4 is 28.3 Å². The van der Waals surface area contributed by atoms with Gasteiger partial charge in [0.15, 0.2) is 6.54 Å². The molecule has 0 saturated carbocycles. The summed E-state index contributed by atoms with van der Waals surface area (Å²) in [5.74, 6) is 0.0297. The summed E-state index contributed by atoms with van der Waals surface area (Å²) in [6, 6.07) is 22.4. The summed E-state index contributed by atoms with van der Waals surface area (Å²) in [6.45, 7) is 3.05. The van der Waals surface area contributed by atoms with Gasteiger partial charge in [0.2, 0.25) is 0 Å². The lowest BCUT2D eigenvalue weighted by Crippen LogP contribution is -2.87. The van der Waals surface area contributed by atoms with Crippen LogP contribution in [0.2, 0.25) is 5.02 Å². The van der Waals surface area contributed by atoms with Gasteiger partial charge in [-0.3, -0.25) is 4.79 Å². The minimum Gasteiger partial charge on any atom is -0.347 e. The van der Waals surface area contributed by atoms with E-state index in [4.69, 9.17) is 11.6 Å². The molecular weight excluding hydrogens is 332 g/mol. The second kappa shape index (κ2) is 8.15. The third kappa shape index (κ3) is 4.59. The van der Waals surface area contributed by atoms with E-state index in [1.165, 1.54) is 16.3 Å². The molecule has 4 heteroatoms. The highest BCUT2D eigenvalue weighted by atomic mass is 35.5. The highest BCUT2D eigenvalue weighted by Crippen LogP contribution is 2.21. The van der Waals surface area contributed by atoms with Gasteiger partial charge in [0.25, 0.3) is 5.91 Å². The van der Waals surface area contributed by atoms with E-state index < -0.39 is 0 Å². The van der Waals surface area contributed by atoms with Crippen LogP contribution in [0.25, 0.3) is 10.8 Å². The highest BCUT2D eigenvalue weighted by Gasteiger charge is 2.13. The van der Waals surface area contributed by atoms with Crippen molar-refractivity contribution in [1.29, 1.82) is 0 Å². The number of rotatable bonds is 6. The fourth-order valence-electron chi connectivity index (χ4n) is 2.93. The molecule has 3 nitrogen and oxygen atoms in total. The first-order valence-corrected chi connectivity index (χ1v) is 8.83. The summed E-state index contributed by atoms with van der Waals surface area (Å²) in [5.41, 5.74) is 2.29. The van der Waals surface area contributed by atoms with Crippen LogP contribution in [0.3, 0.4) is 0 Å². The Balaban J connectivity index is 1.55. The van der Waals surface area contributed by atoms with Crippen LogP contribution in [0.1, 0.15) is 24.1 Å². The van der Waals surface area contributed by atoms with Crippen LogP contribution in [0.5, 0.6) is 0 Å². The summed E-state index contributed by atoms with van der Waals surface area (Å²) >= 11 is 5.87. The molecule has 0 fully saturated rings. The van der Waals surface area contributed by atoms with E-state index in [9.17, 15) is 4.79 Å². The Morgan fingerprint density at radius 3 is 2.56 bits per heavy atom. The number of amides is 1. The molecule has 0 aromatic heterocycles. The molecule has 0 saturated heterocycles. The van der Waals surface area contributed by atoms with Gasteiger partial charge in [-0.1, -0.05) is 66.2 Å². The van der Waals surface area contributed by atoms with Crippen molar-refractivity contribution in [2.45, 2.75) is 19.5 Å². The smallest absolute Gasteiger partial charge is 0.275 e. The van der Waals surface area contributed by atoms with Crippen molar-refractivity contribution in [3.05, 3.63) is 82.9 Å². The summed E-state index contributed by atoms with van der Waals surface area (Å²) in [4.78, 5) is 12.1. The fraction of sp³-hybridized carbons (Fsp3) is 0.190. The minimum absolute atomic E-state index is 0.0297. The van der Waals surface area contributed by atoms with E-state index >= 15 is 0 Å². The maximum atomic E-state index is 12.1. The lowest BCUT2D eigenvalue weighted by atomic mass is 10.00. The van der Waals surface area contributed by atoms with Gasteiger partial charge in [-0.25, -0.2) is 0 Å². The van der Waals surface area contributed by atoms with Crippen molar-refractivity contribution in [2.24, 2.45) is 0 Å². The predicted molar refractivity (Wildman–Crippen MR) is 102 cm³/mol. The number of halogens is 1. The lowest BCUT2D eigenvalue weighted by Gasteiger charge is -2.13. The molecule has 0 unspecified atom stereocenters. The minimum atomic E-state index is 0.0297. The first-order chi connectivity index (χ1) is 12.1. The Hall–Kier alpha value is -2.36. The van der Waals surface area contributed by atoms with Crippen LogP contribution in [0, 0.1) is 0 Å². The van der Waals surface area contributed by atoms with Crippen molar-refractivity contribution in [3.8, 4) is 0 Å². The molecule has 3 aromatic carbocycles. The number of quaternary nitrogens is 1. The Kier molecular flexibility index (Phi) is 5.69. The molecular formula is C21H22ClN2O+. The van der Waals surface area contributed by atoms with Crippen LogP contribution in [-0.2, 0) is 11.3 Å². The van der Waals surface area contributed by atoms with Gasteiger partial charge in [-0.05, 0) is 35.4 Å². The van der Waals surface area contributed by atoms with Crippen LogP contribution in [0.4, 0.5) is 0 Å². The quantitative estimate of drug-likeness (QED) is 0.700. The number of benzene rings is 3. The second-order valence-electron chi connectivity index (χ2n) is 6.20. The average molecular weight is 354 g/mol. The van der Waals surface area contributed by atoms with Gasteiger partial charge in [0.05, 0.1) is 0 Å². The molecule has 1 atom stereocenters. The molecule has 0 radical (unpaired) electrons. The van der Waals surface area contributed by atoms with Crippen LogP contribution < -0.4 is 10.6 Å². The number of hydrogen-bond acceptors (Lipinski definition) is 1. The summed E-state index contributed by atoms with van der Waals surface area (Å²) in [5, 5.41) is 8.19. The number of carbonyl (C=O) groups is 1. The van der Waals surface area contributed by atoms with Crippen molar-refractivity contribution < 1.29 is 10.1 Å². The molecule has 0 aliphatic rings. The maximum absolute atomic E-state index is 12.1. The van der Waals surface area contributed by atoms with Crippen LogP contribution >= 0.6 is 11.6 Å². The highest BCUT2D eigenvalue weighted by molar-refractivity contribution is 6.30. The topological polar surface area (TPSA) is 45.7 Å². The molecule has 0 bridgehead atoms. The molecule has 3 N–H and O–H groups in total. The van der Waals surface area contributed by atoms with Gasteiger partial charge in [-0.15, -0.1) is 0 Å². The number of hydrogen-bond donors (Lipinski definition) is 2. The van der Waals surface area contributed by atoms with Crippen molar-refractivity contribution in [1.82, 2.24) is 5.32 Å². The largest absolute Gasteiger partial charge is 0.347 e. The van der Waals surface area contributed by atoms with Crippen LogP contribution in [-0.4, -0.2) is 12.5 Å². The van der Waals surface area contributed by atoms with Gasteiger partial charge >= 0.3 is 0 Å². The standard InChI is InChI=1S/C21H21ClN2O/c1-15(19-8-4-6-17-5-2-3-7-20(17)19)23-14-21(25)24-13-16-9-11-18(22)12-10-16/h2-12,15,23H,13-14H2,1H3,(H,24,25)/p+1/t15-/m0/s1. The zero-order chi connectivity index (χ0) is 17.6. The number of fused-ring (bicyclic) bond motifs is 1. The predicted octanol–water partition coefficient (Wildman–Crippen LogP) is 3.43. The SMILES string of the molecule is C[C@H]([NH2+]CC(=O)NCc1ccc(Cl)cc1)c1cccc2ccccc12. The Labute approximate surface area is 153 Å². The zero-order valence-corrected chi connectivity index (χ0v) is 15.0. The molecule has 0 heterocycles. The van der Waals surface area contributed by atoms with Gasteiger partial charge < -0.3 is 10.6 Å². The van der Waals surface area contributed by atoms with Crippen molar-refractivity contribution in [3.63, 3.8) is 0 Å². The van der Waals surface area contributed by atoms with E-state index in [2.05, 4.69) is 54.0 Å². The van der Waals surface area contributed by atoms with Gasteiger partial charge in [0, 0.05) is 17.1 Å². The molecule has 128 valence electrons. The molecule has 1 amide bonds. The van der Waals surface area contributed by atoms with E-state index in [0.717, 1.165) is 5.56 Å². The van der Waals surface area contributed by atoms with Gasteiger partial charge in [0.1, 0.15) is 6.04 Å². The first kappa shape index (κ1) is 17.5. The Morgan fingerprint density at radius 2 is 1.76 bits per heavy atom. The average Bonchev–Trinajstić information content (AvgIpc) is 2.65. The van der Waals surface area contributed by atoms with Crippen molar-refractivity contribution in [2.75, 3.05) is 6.54 Å². The summed E-state index contributed by atoms with van der Waals surface area (Å²) in [7, 11) is 0. The van der Waals surface area contributed by atoms with Crippen LogP contribution in [0.15, 0.2) is 66.7 Å². The zero-order valence-electron chi connectivity index (χ0n) is 14.2. The molecule has 25 heavy (non-hydrogen) atoms. The maximum Gasteiger partial charge on any atom is 0.275 e. The lowest BCUT2D eigenvalue weighted by molar-refractivity contribution is -0.682. The third-order valence-electron chi connectivity index (χ3n) is 4.37. The molecule has 0 aliphatic heterocycles. The van der Waals surface area contributed by atoms with Gasteiger partial charge in [-0.2, -0.15) is 0 Å². The fourth-order valence-corrected chi connectivity index (χ4v) is 3.06. The molecule has 0 spiro atoms. The van der Waals surface area contributed by atoms with E-state index in [-0.39, 0.29) is 11.9 Å². The van der Waals surface area contributed by atoms with E-state index in [1.807, 2.05) is 30.3 Å².